The van der Waals surface area contributed by atoms with Crippen molar-refractivity contribution in [2.45, 2.75) is 37.1 Å². The number of nitrogens with one attached hydrogen (secondary N) is 1. The van der Waals surface area contributed by atoms with Crippen LogP contribution in [0.3, 0.4) is 0 Å². The van der Waals surface area contributed by atoms with E-state index in [2.05, 4.69) is 5.32 Å². The van der Waals surface area contributed by atoms with Crippen LogP contribution < -0.4 is 5.32 Å². The van der Waals surface area contributed by atoms with Gasteiger partial charge >= 0.3 is 12.2 Å². The third-order valence-electron chi connectivity index (χ3n) is 4.41. The van der Waals surface area contributed by atoms with E-state index in [0.717, 1.165) is 11.1 Å². The molecule has 1 aromatic carbocycles. The molecule has 0 bridgehead atoms. The van der Waals surface area contributed by atoms with E-state index in [0.29, 0.717) is 17.7 Å². The zero-order chi connectivity index (χ0) is 16.8. The van der Waals surface area contributed by atoms with E-state index in [4.69, 9.17) is 5.11 Å². The van der Waals surface area contributed by atoms with E-state index < -0.39 is 36.3 Å². The minimum absolute atomic E-state index is 0.242. The second-order valence-electron chi connectivity index (χ2n) is 5.93. The summed E-state index contributed by atoms with van der Waals surface area (Å²) < 4.78 is 37.4. The number of β-amino-alcohol motifs (C(OH)–C–C–N with tert-alkyl or cyclic N) is 1. The summed E-state index contributed by atoms with van der Waals surface area (Å²) in [5, 5.41) is 11.7. The number of hydrogen-bond donors (Lipinski definition) is 2. The highest BCUT2D eigenvalue weighted by Gasteiger charge is 2.54. The lowest BCUT2D eigenvalue weighted by Crippen LogP contribution is -2.52. The van der Waals surface area contributed by atoms with Crippen LogP contribution in [0.1, 0.15) is 17.5 Å². The number of carbonyl (C=O) groups excluding carboxylic acids is 2. The van der Waals surface area contributed by atoms with Crippen molar-refractivity contribution in [2.24, 2.45) is 0 Å². The van der Waals surface area contributed by atoms with Gasteiger partial charge in [-0.05, 0) is 24.0 Å². The van der Waals surface area contributed by atoms with E-state index in [1.807, 2.05) is 24.3 Å². The van der Waals surface area contributed by atoms with Crippen molar-refractivity contribution in [1.82, 2.24) is 10.2 Å². The molecule has 1 heterocycles. The lowest BCUT2D eigenvalue weighted by Gasteiger charge is -2.32. The fraction of sp³-hybridized carbons (Fsp3) is 0.467. The number of urea groups is 1. The first-order valence-electron chi connectivity index (χ1n) is 7.19. The highest BCUT2D eigenvalue weighted by molar-refractivity contribution is 6.07. The minimum Gasteiger partial charge on any atom is -0.382 e. The van der Waals surface area contributed by atoms with Crippen LogP contribution in [-0.4, -0.2) is 46.3 Å². The molecule has 23 heavy (non-hydrogen) atoms. The molecule has 1 aliphatic carbocycles. The predicted molar refractivity (Wildman–Crippen MR) is 73.5 cm³/mol. The van der Waals surface area contributed by atoms with Gasteiger partial charge in [-0.1, -0.05) is 24.3 Å². The third-order valence-corrected chi connectivity index (χ3v) is 4.41. The van der Waals surface area contributed by atoms with E-state index in [9.17, 15) is 22.8 Å². The molecule has 124 valence electrons. The monoisotopic (exact) mass is 328 g/mol. The van der Waals surface area contributed by atoms with Gasteiger partial charge < -0.3 is 10.4 Å². The number of imide groups is 1. The SMILES string of the molecule is O=C1NC2(CCc3ccccc3C2)C(=O)N1CC(O)C(F)(F)F. The number of alkyl halides is 3. The van der Waals surface area contributed by atoms with Gasteiger partial charge in [-0.15, -0.1) is 0 Å². The smallest absolute Gasteiger partial charge is 0.382 e. The van der Waals surface area contributed by atoms with Crippen LogP contribution in [0.5, 0.6) is 0 Å². The van der Waals surface area contributed by atoms with Crippen LogP contribution in [0.25, 0.3) is 0 Å². The maximum Gasteiger partial charge on any atom is 0.416 e. The first kappa shape index (κ1) is 15.8. The quantitative estimate of drug-likeness (QED) is 0.806. The van der Waals surface area contributed by atoms with E-state index in [1.54, 1.807) is 0 Å². The highest BCUT2D eigenvalue weighted by atomic mass is 19.4. The van der Waals surface area contributed by atoms with E-state index in [-0.39, 0.29) is 6.42 Å². The molecular formula is C15H15F3N2O3. The lowest BCUT2D eigenvalue weighted by molar-refractivity contribution is -0.206. The summed E-state index contributed by atoms with van der Waals surface area (Å²) in [6, 6.07) is 6.55. The molecular weight excluding hydrogens is 313 g/mol. The van der Waals surface area contributed by atoms with Crippen molar-refractivity contribution in [3.63, 3.8) is 0 Å². The van der Waals surface area contributed by atoms with Gasteiger partial charge in [0, 0.05) is 6.42 Å². The average Bonchev–Trinajstić information content (AvgIpc) is 2.70. The van der Waals surface area contributed by atoms with Crippen molar-refractivity contribution in [2.75, 3.05) is 6.54 Å². The van der Waals surface area contributed by atoms with Crippen molar-refractivity contribution in [1.29, 1.82) is 0 Å². The number of amides is 3. The Balaban J connectivity index is 1.82. The molecule has 3 amide bonds. The fourth-order valence-corrected chi connectivity index (χ4v) is 3.14. The number of carbonyl (C=O) groups is 2. The third kappa shape index (κ3) is 2.67. The Morgan fingerprint density at radius 1 is 1.26 bits per heavy atom. The zero-order valence-corrected chi connectivity index (χ0v) is 12.1. The van der Waals surface area contributed by atoms with Crippen molar-refractivity contribution < 1.29 is 27.9 Å². The van der Waals surface area contributed by atoms with Gasteiger partial charge in [-0.3, -0.25) is 9.69 Å². The zero-order valence-electron chi connectivity index (χ0n) is 12.1. The molecule has 2 atom stereocenters. The summed E-state index contributed by atoms with van der Waals surface area (Å²) in [5.74, 6) is -0.708. The topological polar surface area (TPSA) is 69.6 Å². The predicted octanol–water partition coefficient (Wildman–Crippen LogP) is 1.39. The Morgan fingerprint density at radius 3 is 2.57 bits per heavy atom. The first-order valence-corrected chi connectivity index (χ1v) is 7.19. The number of fused-ring (bicyclic) bond motifs is 1. The molecule has 2 unspecified atom stereocenters. The van der Waals surface area contributed by atoms with Gasteiger partial charge in [-0.25, -0.2) is 4.79 Å². The molecule has 2 N–H and O–H groups in total. The van der Waals surface area contributed by atoms with E-state index >= 15 is 0 Å². The lowest BCUT2D eigenvalue weighted by atomic mass is 9.78. The largest absolute Gasteiger partial charge is 0.416 e. The number of benzene rings is 1. The molecule has 1 aliphatic heterocycles. The maximum atomic E-state index is 12.5. The molecule has 8 heteroatoms. The molecule has 1 spiro atoms. The Morgan fingerprint density at radius 2 is 1.91 bits per heavy atom. The number of halogens is 3. The number of aliphatic hydroxyl groups is 1. The summed E-state index contributed by atoms with van der Waals surface area (Å²) in [4.78, 5) is 24.9. The van der Waals surface area contributed by atoms with Gasteiger partial charge in [0.25, 0.3) is 5.91 Å². The normalized spacial score (nSPS) is 25.5. The van der Waals surface area contributed by atoms with Gasteiger partial charge in [-0.2, -0.15) is 13.2 Å². The van der Waals surface area contributed by atoms with Crippen molar-refractivity contribution >= 4 is 11.9 Å². The first-order chi connectivity index (χ1) is 10.7. The standard InChI is InChI=1S/C15H15F3N2O3/c16-15(17,18)11(21)8-20-12(22)14(19-13(20)23)6-5-9-3-1-2-4-10(9)7-14/h1-4,11,21H,5-8H2,(H,19,23). The van der Waals surface area contributed by atoms with Crippen molar-refractivity contribution in [3.05, 3.63) is 35.4 Å². The number of aliphatic hydroxyl groups excluding tert-OH is 1. The van der Waals surface area contributed by atoms with Crippen LogP contribution >= 0.6 is 0 Å². The summed E-state index contributed by atoms with van der Waals surface area (Å²) in [6.45, 7) is -1.09. The summed E-state index contributed by atoms with van der Waals surface area (Å²) in [7, 11) is 0. The Labute approximate surface area is 130 Å². The molecule has 1 fully saturated rings. The second-order valence-corrected chi connectivity index (χ2v) is 5.93. The van der Waals surface area contributed by atoms with Crippen molar-refractivity contribution in [3.8, 4) is 0 Å². The molecule has 5 nitrogen and oxygen atoms in total. The number of aryl methyl sites for hydroxylation is 1. The molecule has 3 rings (SSSR count). The molecule has 0 saturated carbocycles. The van der Waals surface area contributed by atoms with Crippen LogP contribution in [0.2, 0.25) is 0 Å². The average molecular weight is 328 g/mol. The van der Waals surface area contributed by atoms with Crippen LogP contribution in [0, 0.1) is 0 Å². The molecule has 0 aromatic heterocycles. The van der Waals surface area contributed by atoms with Gasteiger partial charge in [0.15, 0.2) is 6.10 Å². The van der Waals surface area contributed by atoms with Gasteiger partial charge in [0.1, 0.15) is 5.54 Å². The Kier molecular flexibility index (Phi) is 3.59. The minimum atomic E-state index is -4.88. The second kappa shape index (κ2) is 5.23. The molecule has 0 radical (unpaired) electrons. The van der Waals surface area contributed by atoms with Gasteiger partial charge in [0.05, 0.1) is 6.54 Å². The number of hydrogen-bond acceptors (Lipinski definition) is 3. The molecule has 2 aliphatic rings. The fourth-order valence-electron chi connectivity index (χ4n) is 3.14. The Hall–Kier alpha value is -2.09. The highest BCUT2D eigenvalue weighted by Crippen LogP contribution is 2.34. The van der Waals surface area contributed by atoms with Crippen LogP contribution in [0.15, 0.2) is 24.3 Å². The Bertz CT molecular complexity index is 662. The summed E-state index contributed by atoms with van der Waals surface area (Å²) in [5.41, 5.74) is 0.746. The number of rotatable bonds is 2. The maximum absolute atomic E-state index is 12.5. The molecule has 1 saturated heterocycles. The number of nitrogens with zero attached hydrogens (tertiary/aromatic N) is 1. The van der Waals surface area contributed by atoms with Crippen LogP contribution in [-0.2, 0) is 17.6 Å². The van der Waals surface area contributed by atoms with Crippen LogP contribution in [0.4, 0.5) is 18.0 Å². The van der Waals surface area contributed by atoms with E-state index in [1.165, 1.54) is 0 Å². The summed E-state index contributed by atoms with van der Waals surface area (Å²) >= 11 is 0. The van der Waals surface area contributed by atoms with Gasteiger partial charge in [0.2, 0.25) is 0 Å². The molecule has 1 aromatic rings. The summed E-state index contributed by atoms with van der Waals surface area (Å²) in [6.07, 6.45) is -6.50.